The predicted octanol–water partition coefficient (Wildman–Crippen LogP) is 4.35. The Morgan fingerprint density at radius 2 is 1.83 bits per heavy atom. The summed E-state index contributed by atoms with van der Waals surface area (Å²) in [6, 6.07) is 4.80. The smallest absolute Gasteiger partial charge is 0.332 e. The SMILES string of the molecule is [C-]#[N+]N=S(=O)(NC(=O)Nc1c2c(cc3c1CCC3)CCC2)c1ccc(C(C)(C)O)s1. The van der Waals surface area contributed by atoms with Crippen LogP contribution in [0.2, 0.25) is 0 Å². The van der Waals surface area contributed by atoms with Crippen LogP contribution >= 0.6 is 11.3 Å². The Labute approximate surface area is 180 Å². The largest absolute Gasteiger partial charge is 0.385 e. The lowest BCUT2D eigenvalue weighted by atomic mass is 9.99. The van der Waals surface area contributed by atoms with Crippen molar-refractivity contribution in [3.8, 4) is 0 Å². The van der Waals surface area contributed by atoms with Crippen LogP contribution in [0.15, 0.2) is 26.9 Å². The summed E-state index contributed by atoms with van der Waals surface area (Å²) >= 11 is 1.07. The summed E-state index contributed by atoms with van der Waals surface area (Å²) in [4.78, 5) is 16.4. The van der Waals surface area contributed by atoms with Crippen molar-refractivity contribution in [3.63, 3.8) is 0 Å². The lowest BCUT2D eigenvalue weighted by molar-refractivity contribution is 0.0825. The van der Waals surface area contributed by atoms with Gasteiger partial charge >= 0.3 is 6.03 Å². The Kier molecular flexibility index (Phi) is 5.34. The highest BCUT2D eigenvalue weighted by Gasteiger charge is 2.28. The summed E-state index contributed by atoms with van der Waals surface area (Å²) in [6.45, 7) is 10.3. The van der Waals surface area contributed by atoms with E-state index in [1.807, 2.05) is 0 Å². The van der Waals surface area contributed by atoms with Gasteiger partial charge in [-0.2, -0.15) is 6.57 Å². The first-order chi connectivity index (χ1) is 14.2. The number of benzene rings is 1. The number of urea groups is 1. The quantitative estimate of drug-likeness (QED) is 0.483. The summed E-state index contributed by atoms with van der Waals surface area (Å²) in [5, 5.41) is 13.1. The molecule has 4 rings (SSSR count). The van der Waals surface area contributed by atoms with Crippen LogP contribution in [0.1, 0.15) is 53.8 Å². The van der Waals surface area contributed by atoms with Gasteiger partial charge in [-0.05, 0) is 86.8 Å². The maximum absolute atomic E-state index is 13.4. The average Bonchev–Trinajstić information content (AvgIpc) is 3.41. The summed E-state index contributed by atoms with van der Waals surface area (Å²) in [7, 11) is -3.49. The van der Waals surface area contributed by atoms with E-state index in [-0.39, 0.29) is 4.21 Å². The minimum atomic E-state index is -3.49. The van der Waals surface area contributed by atoms with Crippen molar-refractivity contribution < 1.29 is 14.1 Å². The fourth-order valence-electron chi connectivity index (χ4n) is 4.20. The fraction of sp³-hybridized carbons (Fsp3) is 0.429. The molecule has 7 nitrogen and oxygen atoms in total. The van der Waals surface area contributed by atoms with E-state index in [4.69, 9.17) is 6.57 Å². The first-order valence-electron chi connectivity index (χ1n) is 9.92. The van der Waals surface area contributed by atoms with Crippen LogP contribution in [0.3, 0.4) is 0 Å². The van der Waals surface area contributed by atoms with E-state index in [9.17, 15) is 14.1 Å². The van der Waals surface area contributed by atoms with E-state index in [0.717, 1.165) is 55.5 Å². The molecule has 1 atom stereocenters. The molecular weight excluding hydrogens is 420 g/mol. The van der Waals surface area contributed by atoms with Gasteiger partial charge in [0.25, 0.3) is 0 Å². The summed E-state index contributed by atoms with van der Waals surface area (Å²) in [5.74, 6) is 0. The maximum Gasteiger partial charge on any atom is 0.332 e. The van der Waals surface area contributed by atoms with Crippen molar-refractivity contribution in [2.24, 2.45) is 4.47 Å². The summed E-state index contributed by atoms with van der Waals surface area (Å²) < 4.78 is 19.6. The van der Waals surface area contributed by atoms with Crippen LogP contribution in [0.25, 0.3) is 4.95 Å². The van der Waals surface area contributed by atoms with E-state index >= 15 is 0 Å². The highest BCUT2D eigenvalue weighted by atomic mass is 32.2. The van der Waals surface area contributed by atoms with Gasteiger partial charge in [0.05, 0.1) is 5.60 Å². The molecule has 2 aliphatic rings. The van der Waals surface area contributed by atoms with E-state index in [0.29, 0.717) is 4.88 Å². The number of nitrogens with one attached hydrogen (secondary N) is 2. The number of thiophene rings is 1. The Bertz CT molecular complexity index is 1150. The zero-order valence-corrected chi connectivity index (χ0v) is 18.6. The van der Waals surface area contributed by atoms with E-state index < -0.39 is 21.5 Å². The van der Waals surface area contributed by atoms with Crippen LogP contribution in [0.5, 0.6) is 0 Å². The van der Waals surface area contributed by atoms with Gasteiger partial charge in [-0.3, -0.25) is 0 Å². The molecule has 0 saturated heterocycles. The van der Waals surface area contributed by atoms with Gasteiger partial charge in [0.1, 0.15) is 4.21 Å². The number of aryl methyl sites for hydroxylation is 2. The molecular formula is C21H24N4O3S2. The lowest BCUT2D eigenvalue weighted by Gasteiger charge is -2.17. The number of aliphatic hydroxyl groups is 1. The van der Waals surface area contributed by atoms with Crippen molar-refractivity contribution in [1.29, 1.82) is 0 Å². The third kappa shape index (κ3) is 3.83. The second-order valence-corrected chi connectivity index (χ2v) is 11.4. The lowest BCUT2D eigenvalue weighted by Crippen LogP contribution is -2.34. The first kappa shape index (κ1) is 20.8. The molecule has 2 aliphatic carbocycles. The molecule has 2 amide bonds. The molecule has 1 aromatic heterocycles. The molecule has 0 bridgehead atoms. The van der Waals surface area contributed by atoms with Gasteiger partial charge in [-0.1, -0.05) is 6.07 Å². The van der Waals surface area contributed by atoms with Gasteiger partial charge in [0.15, 0.2) is 4.47 Å². The molecule has 158 valence electrons. The molecule has 30 heavy (non-hydrogen) atoms. The van der Waals surface area contributed by atoms with Crippen molar-refractivity contribution in [1.82, 2.24) is 4.72 Å². The molecule has 1 heterocycles. The first-order valence-corrected chi connectivity index (χ1v) is 12.3. The number of carbonyl (C=O) groups is 1. The summed E-state index contributed by atoms with van der Waals surface area (Å²) in [5.41, 5.74) is 4.62. The van der Waals surface area contributed by atoms with Gasteiger partial charge in [-0.15, -0.1) is 16.3 Å². The molecule has 0 saturated carbocycles. The zero-order chi connectivity index (χ0) is 21.5. The van der Waals surface area contributed by atoms with Gasteiger partial charge < -0.3 is 10.4 Å². The molecule has 0 spiro atoms. The van der Waals surface area contributed by atoms with E-state index in [1.54, 1.807) is 19.9 Å². The standard InChI is InChI=1S/C21H24N4O3S2/c1-21(2,27)17-10-11-18(29-17)30(28,25-22-3)24-20(26)23-19-15-8-4-6-13(15)12-14-7-5-9-16(14)19/h10-12,27H,4-9H2,1-2H3,(H2,23,24,25,26,28). The third-order valence-corrected chi connectivity index (χ3v) is 9.13. The van der Waals surface area contributed by atoms with Crippen LogP contribution in [-0.4, -0.2) is 15.3 Å². The number of anilines is 1. The van der Waals surface area contributed by atoms with Crippen molar-refractivity contribution in [3.05, 3.63) is 56.9 Å². The Balaban J connectivity index is 1.64. The topological polar surface area (TPSA) is 95.2 Å². The monoisotopic (exact) mass is 444 g/mol. The molecule has 1 aromatic carbocycles. The molecule has 0 radical (unpaired) electrons. The molecule has 0 fully saturated rings. The Hall–Kier alpha value is -2.41. The third-order valence-electron chi connectivity index (χ3n) is 5.56. The van der Waals surface area contributed by atoms with Crippen LogP contribution in [0.4, 0.5) is 10.5 Å². The van der Waals surface area contributed by atoms with Crippen molar-refractivity contribution >= 4 is 33.0 Å². The van der Waals surface area contributed by atoms with Crippen molar-refractivity contribution in [2.45, 2.75) is 62.2 Å². The normalized spacial score (nSPS) is 16.9. The number of fused-ring (bicyclic) bond motifs is 2. The van der Waals surface area contributed by atoms with Gasteiger partial charge in [-0.25, -0.2) is 13.7 Å². The molecule has 3 N–H and O–H groups in total. The van der Waals surface area contributed by atoms with Gasteiger partial charge in [0.2, 0.25) is 9.92 Å². The highest BCUT2D eigenvalue weighted by Crippen LogP contribution is 2.38. The van der Waals surface area contributed by atoms with Crippen LogP contribution < -0.4 is 10.0 Å². The minimum absolute atomic E-state index is 0.231. The zero-order valence-electron chi connectivity index (χ0n) is 16.9. The number of nitrogens with zero attached hydrogens (tertiary/aromatic N) is 2. The second kappa shape index (κ2) is 7.69. The summed E-state index contributed by atoms with van der Waals surface area (Å²) in [6.07, 6.45) is 5.98. The van der Waals surface area contributed by atoms with Crippen LogP contribution in [-0.2, 0) is 41.2 Å². The maximum atomic E-state index is 13.4. The van der Waals surface area contributed by atoms with Crippen molar-refractivity contribution in [2.75, 3.05) is 5.32 Å². The minimum Gasteiger partial charge on any atom is -0.385 e. The molecule has 2 aromatic rings. The highest BCUT2D eigenvalue weighted by molar-refractivity contribution is 7.94. The number of carbonyl (C=O) groups excluding carboxylic acids is 1. The number of amides is 2. The number of hydrogen-bond donors (Lipinski definition) is 3. The van der Waals surface area contributed by atoms with Crippen LogP contribution in [0, 0.1) is 6.57 Å². The molecule has 9 heteroatoms. The van der Waals surface area contributed by atoms with Gasteiger partial charge in [0, 0.05) is 10.6 Å². The molecule has 0 aliphatic heterocycles. The Morgan fingerprint density at radius 1 is 1.20 bits per heavy atom. The van der Waals surface area contributed by atoms with E-state index in [2.05, 4.69) is 25.5 Å². The van der Waals surface area contributed by atoms with E-state index in [1.165, 1.54) is 28.3 Å². The number of hydrogen-bond acceptors (Lipinski definition) is 5. The average molecular weight is 445 g/mol. The second-order valence-electron chi connectivity index (χ2n) is 8.18. The molecule has 1 unspecified atom stereocenters. The fourth-order valence-corrected chi connectivity index (χ4v) is 6.77. The Morgan fingerprint density at radius 3 is 2.37 bits per heavy atom. The number of rotatable bonds is 4. The predicted molar refractivity (Wildman–Crippen MR) is 118 cm³/mol.